The second-order valence-corrected chi connectivity index (χ2v) is 4.08. The van der Waals surface area contributed by atoms with Crippen molar-refractivity contribution in [2.45, 2.75) is 11.3 Å². The summed E-state index contributed by atoms with van der Waals surface area (Å²) >= 11 is 0.830. The van der Waals surface area contributed by atoms with Gasteiger partial charge in [0.1, 0.15) is 12.2 Å². The molecule has 0 saturated carbocycles. The minimum atomic E-state index is -4.57. The number of thioether (sulfide) groups is 1. The number of rotatable bonds is 4. The minimum Gasteiger partial charge on any atom is -0.409 e. The Bertz CT molecular complexity index is 404. The van der Waals surface area contributed by atoms with Crippen molar-refractivity contribution in [2.75, 3.05) is 5.75 Å². The number of aromatic nitrogens is 3. The molecule has 10 heteroatoms. The van der Waals surface area contributed by atoms with Crippen LogP contribution in [-0.4, -0.2) is 37.7 Å². The normalized spacial score (nSPS) is 14.9. The number of aryl methyl sites for hydroxylation is 1. The zero-order valence-corrected chi connectivity index (χ0v) is 9.53. The smallest absolute Gasteiger partial charge is 0.399 e. The Morgan fingerprint density at radius 1 is 1.71 bits per heavy atom. The van der Waals surface area contributed by atoms with Crippen LogP contribution in [0.15, 0.2) is 16.6 Å². The molecule has 0 aliphatic rings. The predicted octanol–water partition coefficient (Wildman–Crippen LogP) is 0.832. The zero-order valence-electron chi connectivity index (χ0n) is 8.72. The molecule has 1 aromatic heterocycles. The predicted molar refractivity (Wildman–Crippen MR) is 54.7 cm³/mol. The van der Waals surface area contributed by atoms with E-state index in [0.29, 0.717) is 5.16 Å². The van der Waals surface area contributed by atoms with Gasteiger partial charge in [-0.15, -0.1) is 0 Å². The van der Waals surface area contributed by atoms with Gasteiger partial charge in [-0.1, -0.05) is 16.9 Å². The Labute approximate surface area is 98.7 Å². The maximum absolute atomic E-state index is 12.6. The van der Waals surface area contributed by atoms with Crippen LogP contribution in [0.4, 0.5) is 13.2 Å². The molecule has 0 bridgehead atoms. The van der Waals surface area contributed by atoms with Gasteiger partial charge in [-0.2, -0.15) is 18.3 Å². The van der Waals surface area contributed by atoms with Crippen molar-refractivity contribution in [1.29, 1.82) is 0 Å². The molecule has 1 atom stereocenters. The monoisotopic (exact) mass is 269 g/mol. The number of alkyl halides is 3. The Balaban J connectivity index is 2.72. The fraction of sp³-hybridized carbons (Fsp3) is 0.571. The molecule has 17 heavy (non-hydrogen) atoms. The third-order valence-corrected chi connectivity index (χ3v) is 3.04. The molecule has 0 saturated heterocycles. The lowest BCUT2D eigenvalue weighted by Gasteiger charge is -2.17. The van der Waals surface area contributed by atoms with Gasteiger partial charge in [0.05, 0.1) is 0 Å². The second-order valence-electron chi connectivity index (χ2n) is 3.10. The lowest BCUT2D eigenvalue weighted by molar-refractivity contribution is -0.150. The molecule has 1 rings (SSSR count). The number of amidine groups is 1. The maximum Gasteiger partial charge on any atom is 0.399 e. The van der Waals surface area contributed by atoms with Gasteiger partial charge in [-0.25, -0.2) is 9.67 Å². The third kappa shape index (κ3) is 3.51. The Morgan fingerprint density at radius 2 is 2.35 bits per heavy atom. The molecule has 0 fully saturated rings. The highest BCUT2D eigenvalue weighted by atomic mass is 32.2. The van der Waals surface area contributed by atoms with Crippen LogP contribution in [-0.2, 0) is 7.05 Å². The van der Waals surface area contributed by atoms with E-state index in [4.69, 9.17) is 10.9 Å². The highest BCUT2D eigenvalue weighted by molar-refractivity contribution is 7.99. The number of oxime groups is 1. The first kappa shape index (κ1) is 13.6. The van der Waals surface area contributed by atoms with E-state index in [-0.39, 0.29) is 0 Å². The lowest BCUT2D eigenvalue weighted by Crippen LogP contribution is -2.37. The van der Waals surface area contributed by atoms with E-state index in [9.17, 15) is 13.2 Å². The van der Waals surface area contributed by atoms with E-state index in [0.717, 1.165) is 11.8 Å². The number of nitrogens with two attached hydrogens (primary N) is 1. The van der Waals surface area contributed by atoms with Gasteiger partial charge in [0.15, 0.2) is 11.0 Å². The summed E-state index contributed by atoms with van der Waals surface area (Å²) in [5, 5.41) is 14.7. The van der Waals surface area contributed by atoms with Crippen LogP contribution in [0.25, 0.3) is 0 Å². The average Bonchev–Trinajstić information content (AvgIpc) is 2.62. The van der Waals surface area contributed by atoms with E-state index in [1.807, 2.05) is 0 Å². The quantitative estimate of drug-likeness (QED) is 0.278. The van der Waals surface area contributed by atoms with Crippen molar-refractivity contribution in [1.82, 2.24) is 14.8 Å². The molecule has 0 radical (unpaired) electrons. The van der Waals surface area contributed by atoms with Gasteiger partial charge >= 0.3 is 6.18 Å². The van der Waals surface area contributed by atoms with Crippen LogP contribution in [0.2, 0.25) is 0 Å². The van der Waals surface area contributed by atoms with Crippen LogP contribution in [0.5, 0.6) is 0 Å². The van der Waals surface area contributed by atoms with Crippen molar-refractivity contribution >= 4 is 17.6 Å². The van der Waals surface area contributed by atoms with E-state index in [2.05, 4.69) is 15.2 Å². The van der Waals surface area contributed by atoms with Gasteiger partial charge < -0.3 is 10.9 Å². The van der Waals surface area contributed by atoms with Crippen LogP contribution in [0.3, 0.4) is 0 Å². The molecule has 1 unspecified atom stereocenters. The van der Waals surface area contributed by atoms with E-state index >= 15 is 0 Å². The van der Waals surface area contributed by atoms with E-state index < -0.39 is 23.7 Å². The van der Waals surface area contributed by atoms with Crippen molar-refractivity contribution < 1.29 is 18.4 Å². The van der Waals surface area contributed by atoms with Gasteiger partial charge in [0, 0.05) is 12.8 Å². The summed E-state index contributed by atoms with van der Waals surface area (Å²) in [7, 11) is 1.56. The zero-order chi connectivity index (χ0) is 13.1. The molecule has 3 N–H and O–H groups in total. The number of hydrogen-bond donors (Lipinski definition) is 2. The molecule has 0 spiro atoms. The van der Waals surface area contributed by atoms with Crippen LogP contribution < -0.4 is 5.73 Å². The number of halogens is 3. The Hall–Kier alpha value is -1.45. The topological polar surface area (TPSA) is 89.3 Å². The molecule has 0 aromatic carbocycles. The summed E-state index contributed by atoms with van der Waals surface area (Å²) < 4.78 is 39.0. The first-order chi connectivity index (χ1) is 7.86. The van der Waals surface area contributed by atoms with E-state index in [1.165, 1.54) is 11.0 Å². The Morgan fingerprint density at radius 3 is 2.76 bits per heavy atom. The van der Waals surface area contributed by atoms with Crippen molar-refractivity contribution in [3.63, 3.8) is 0 Å². The molecule has 1 heterocycles. The molecule has 6 nitrogen and oxygen atoms in total. The lowest BCUT2D eigenvalue weighted by atomic mass is 10.1. The van der Waals surface area contributed by atoms with Gasteiger partial charge in [-0.05, 0) is 0 Å². The van der Waals surface area contributed by atoms with Crippen LogP contribution in [0, 0.1) is 5.92 Å². The number of nitrogens with zero attached hydrogens (tertiary/aromatic N) is 4. The van der Waals surface area contributed by atoms with E-state index in [1.54, 1.807) is 7.05 Å². The Kier molecular flexibility index (Phi) is 4.21. The highest BCUT2D eigenvalue weighted by Gasteiger charge is 2.42. The molecular formula is C7H10F3N5OS. The summed E-state index contributed by atoms with van der Waals surface area (Å²) in [4.78, 5) is 3.76. The van der Waals surface area contributed by atoms with Gasteiger partial charge in [0.2, 0.25) is 0 Å². The molecule has 1 aromatic rings. The number of hydrogen-bond acceptors (Lipinski definition) is 5. The summed E-state index contributed by atoms with van der Waals surface area (Å²) in [6.45, 7) is 0. The highest BCUT2D eigenvalue weighted by Crippen LogP contribution is 2.31. The summed E-state index contributed by atoms with van der Waals surface area (Å²) in [6, 6.07) is 0. The molecule has 96 valence electrons. The SMILES string of the molecule is Cn1ncnc1SCC(C(N)=NO)C(F)(F)F. The largest absolute Gasteiger partial charge is 0.409 e. The van der Waals surface area contributed by atoms with Crippen LogP contribution in [0.1, 0.15) is 0 Å². The summed E-state index contributed by atoms with van der Waals surface area (Å²) in [5.41, 5.74) is 5.00. The summed E-state index contributed by atoms with van der Waals surface area (Å²) in [5.74, 6) is -3.31. The average molecular weight is 269 g/mol. The van der Waals surface area contributed by atoms with Gasteiger partial charge in [-0.3, -0.25) is 0 Å². The van der Waals surface area contributed by atoms with Crippen molar-refractivity contribution in [2.24, 2.45) is 23.9 Å². The minimum absolute atomic E-state index is 0.324. The van der Waals surface area contributed by atoms with Gasteiger partial charge in [0.25, 0.3) is 0 Å². The molecule has 0 amide bonds. The fourth-order valence-electron chi connectivity index (χ4n) is 0.991. The maximum atomic E-state index is 12.6. The summed E-state index contributed by atoms with van der Waals surface area (Å²) in [6.07, 6.45) is -3.34. The second kappa shape index (κ2) is 5.25. The molecule has 0 aliphatic carbocycles. The first-order valence-electron chi connectivity index (χ1n) is 4.37. The van der Waals surface area contributed by atoms with Crippen LogP contribution >= 0.6 is 11.8 Å². The van der Waals surface area contributed by atoms with Crippen molar-refractivity contribution in [3.8, 4) is 0 Å². The first-order valence-corrected chi connectivity index (χ1v) is 5.35. The third-order valence-electron chi connectivity index (χ3n) is 1.92. The van der Waals surface area contributed by atoms with Crippen molar-refractivity contribution in [3.05, 3.63) is 6.33 Å². The molecule has 0 aliphatic heterocycles. The fourth-order valence-corrected chi connectivity index (χ4v) is 2.02. The molecular weight excluding hydrogens is 259 g/mol. The standard InChI is InChI=1S/C7H10F3N5OS/c1-15-6(12-3-13-15)17-2-4(5(11)14-16)7(8,9)10/h3-4,16H,2H2,1H3,(H2,11,14).